The van der Waals surface area contributed by atoms with Gasteiger partial charge in [0.25, 0.3) is 0 Å². The number of hydrogen-bond acceptors (Lipinski definition) is 4. The first-order valence-electron chi connectivity index (χ1n) is 21.8. The third-order valence-corrected chi connectivity index (χ3v) is 14.3. The number of pyridine rings is 1. The van der Waals surface area contributed by atoms with Crippen LogP contribution in [0.1, 0.15) is 22.3 Å². The fourth-order valence-electron chi connectivity index (χ4n) is 10.3. The number of rotatable bonds is 5. The number of nitrogens with zero attached hydrogens (tertiary/aromatic N) is 3. The zero-order chi connectivity index (χ0) is 42.2. The highest BCUT2D eigenvalue weighted by molar-refractivity contribution is 7.99. The summed E-state index contributed by atoms with van der Waals surface area (Å²) in [7, 11) is 0. The summed E-state index contributed by atoms with van der Waals surface area (Å²) in [5.41, 5.74) is 17.4. The molecule has 0 amide bonds. The van der Waals surface area contributed by atoms with Crippen molar-refractivity contribution in [3.63, 3.8) is 0 Å². The van der Waals surface area contributed by atoms with Gasteiger partial charge in [-0.15, -0.1) is 0 Å². The molecular weight excluding hydrogens is 795 g/mol. The summed E-state index contributed by atoms with van der Waals surface area (Å²) in [6.07, 6.45) is 0. The molecule has 0 atom stereocenters. The third-order valence-electron chi connectivity index (χ3n) is 13.2. The van der Waals surface area contributed by atoms with Crippen LogP contribution in [0, 0.1) is 0 Å². The first kappa shape index (κ1) is 36.7. The van der Waals surface area contributed by atoms with Crippen LogP contribution in [0.2, 0.25) is 0 Å². The molecule has 0 saturated carbocycles. The Kier molecular flexibility index (Phi) is 8.37. The van der Waals surface area contributed by atoms with Crippen molar-refractivity contribution in [3.05, 3.63) is 247 Å². The van der Waals surface area contributed by atoms with E-state index < -0.39 is 5.41 Å². The molecule has 0 N–H and O–H groups in total. The van der Waals surface area contributed by atoms with Gasteiger partial charge in [-0.2, -0.15) is 0 Å². The lowest BCUT2D eigenvalue weighted by Crippen LogP contribution is -2.31. The van der Waals surface area contributed by atoms with E-state index in [0.717, 1.165) is 55.6 Å². The molecule has 0 fully saturated rings. The topological polar surface area (TPSA) is 38.7 Å². The number of aromatic nitrogens is 3. The van der Waals surface area contributed by atoms with Crippen molar-refractivity contribution in [2.24, 2.45) is 0 Å². The Balaban J connectivity index is 1.09. The molecule has 0 bridgehead atoms. The van der Waals surface area contributed by atoms with Gasteiger partial charge in [0.15, 0.2) is 5.82 Å². The molecule has 1 aliphatic carbocycles. The van der Waals surface area contributed by atoms with Crippen LogP contribution in [0.25, 0.3) is 89.1 Å². The van der Waals surface area contributed by atoms with Crippen LogP contribution in [0.3, 0.4) is 0 Å². The fraction of sp³-hybridized carbons (Fsp3) is 0.0167. The van der Waals surface area contributed by atoms with Crippen LogP contribution >= 0.6 is 11.8 Å². The normalized spacial score (nSPS) is 13.1. The molecule has 13 rings (SSSR count). The van der Waals surface area contributed by atoms with Crippen LogP contribution in [0.5, 0.6) is 0 Å². The second kappa shape index (κ2) is 14.6. The van der Waals surface area contributed by atoms with Crippen LogP contribution < -0.4 is 0 Å². The Bertz CT molecular complexity index is 3580. The predicted molar refractivity (Wildman–Crippen MR) is 263 cm³/mol. The Hall–Kier alpha value is -7.92. The van der Waals surface area contributed by atoms with Crippen molar-refractivity contribution in [1.29, 1.82) is 0 Å². The van der Waals surface area contributed by atoms with E-state index in [1.54, 1.807) is 0 Å². The summed E-state index contributed by atoms with van der Waals surface area (Å²) in [6, 6.07) is 80.8. The van der Waals surface area contributed by atoms with Crippen LogP contribution in [-0.2, 0) is 5.41 Å². The summed E-state index contributed by atoms with van der Waals surface area (Å²) in [5.74, 6) is 0.687. The molecule has 4 heteroatoms. The van der Waals surface area contributed by atoms with Crippen molar-refractivity contribution in [2.45, 2.75) is 15.2 Å². The number of hydrogen-bond donors (Lipinski definition) is 0. The highest BCUT2D eigenvalue weighted by atomic mass is 32.2. The van der Waals surface area contributed by atoms with Gasteiger partial charge in [0.1, 0.15) is 0 Å². The zero-order valence-corrected chi connectivity index (χ0v) is 35.4. The molecule has 64 heavy (non-hydrogen) atoms. The standard InChI is InChI=1S/C60H37N3S/c1-4-16-38(17-5-1)39-28-30-40(31-29-39)52-37-53(63-59(62-52)42-20-8-3-9-21-42)43-32-35-51-46(36-43)56-45(58(61-51)41-18-6-2-7-19-41)33-34-50-57(56)44-22-10-11-23-47(44)60(50)48-24-12-14-26-54(48)64-55-27-15-13-25-49(55)60/h1-37H. The largest absolute Gasteiger partial charge is 0.247 e. The molecule has 3 nitrogen and oxygen atoms in total. The van der Waals surface area contributed by atoms with Crippen LogP contribution in [-0.4, -0.2) is 15.0 Å². The van der Waals surface area contributed by atoms with Crippen molar-refractivity contribution >= 4 is 33.4 Å². The quantitative estimate of drug-likeness (QED) is 0.162. The van der Waals surface area contributed by atoms with Crippen LogP contribution in [0.15, 0.2) is 234 Å². The van der Waals surface area contributed by atoms with E-state index in [1.807, 2.05) is 30.0 Å². The fourth-order valence-corrected chi connectivity index (χ4v) is 11.5. The van der Waals surface area contributed by atoms with E-state index in [1.165, 1.54) is 59.7 Å². The van der Waals surface area contributed by atoms with Gasteiger partial charge in [-0.25, -0.2) is 15.0 Å². The molecule has 9 aromatic carbocycles. The summed E-state index contributed by atoms with van der Waals surface area (Å²) < 4.78 is 0. The van der Waals surface area contributed by atoms with Crippen LogP contribution in [0.4, 0.5) is 0 Å². The van der Waals surface area contributed by atoms with Crippen molar-refractivity contribution in [3.8, 4) is 67.4 Å². The van der Waals surface area contributed by atoms with E-state index in [-0.39, 0.29) is 0 Å². The average molecular weight is 832 g/mol. The Morgan fingerprint density at radius 1 is 0.344 bits per heavy atom. The van der Waals surface area contributed by atoms with Gasteiger partial charge in [0, 0.05) is 48.2 Å². The summed E-state index contributed by atoms with van der Waals surface area (Å²) >= 11 is 1.87. The average Bonchev–Trinajstić information content (AvgIpc) is 3.67. The summed E-state index contributed by atoms with van der Waals surface area (Å²) in [6.45, 7) is 0. The molecule has 0 unspecified atom stereocenters. The summed E-state index contributed by atoms with van der Waals surface area (Å²) in [4.78, 5) is 18.6. The Morgan fingerprint density at radius 3 is 1.56 bits per heavy atom. The minimum Gasteiger partial charge on any atom is -0.247 e. The molecule has 1 aliphatic heterocycles. The third kappa shape index (κ3) is 5.59. The van der Waals surface area contributed by atoms with E-state index in [4.69, 9.17) is 15.0 Å². The molecule has 0 saturated heterocycles. The lowest BCUT2D eigenvalue weighted by Gasteiger charge is -2.39. The van der Waals surface area contributed by atoms with Gasteiger partial charge in [0.05, 0.1) is 28.0 Å². The maximum absolute atomic E-state index is 5.49. The maximum Gasteiger partial charge on any atom is 0.160 e. The van der Waals surface area contributed by atoms with Crippen molar-refractivity contribution in [1.82, 2.24) is 15.0 Å². The summed E-state index contributed by atoms with van der Waals surface area (Å²) in [5, 5.41) is 3.42. The highest BCUT2D eigenvalue weighted by Gasteiger charge is 2.50. The first-order chi connectivity index (χ1) is 31.7. The number of benzene rings is 9. The van der Waals surface area contributed by atoms with E-state index in [2.05, 4.69) is 206 Å². The second-order valence-corrected chi connectivity index (χ2v) is 17.7. The molecule has 2 aliphatic rings. The van der Waals surface area contributed by atoms with Gasteiger partial charge < -0.3 is 0 Å². The van der Waals surface area contributed by atoms with Gasteiger partial charge >= 0.3 is 0 Å². The van der Waals surface area contributed by atoms with E-state index in [0.29, 0.717) is 5.82 Å². The molecule has 11 aromatic rings. The second-order valence-electron chi connectivity index (χ2n) is 16.6. The van der Waals surface area contributed by atoms with Gasteiger partial charge in [0.2, 0.25) is 0 Å². The minimum absolute atomic E-state index is 0.499. The van der Waals surface area contributed by atoms with Crippen molar-refractivity contribution in [2.75, 3.05) is 0 Å². The number of fused-ring (bicyclic) bond motifs is 13. The van der Waals surface area contributed by atoms with Crippen molar-refractivity contribution < 1.29 is 0 Å². The maximum atomic E-state index is 5.49. The lowest BCUT2D eigenvalue weighted by molar-refractivity contribution is 0.723. The Labute approximate surface area is 375 Å². The smallest absolute Gasteiger partial charge is 0.160 e. The Morgan fingerprint density at radius 2 is 0.875 bits per heavy atom. The zero-order valence-electron chi connectivity index (χ0n) is 34.6. The monoisotopic (exact) mass is 831 g/mol. The van der Waals surface area contributed by atoms with E-state index in [9.17, 15) is 0 Å². The predicted octanol–water partition coefficient (Wildman–Crippen LogP) is 15.3. The van der Waals surface area contributed by atoms with Gasteiger partial charge in [-0.05, 0) is 74.8 Å². The van der Waals surface area contributed by atoms with E-state index >= 15 is 0 Å². The molecule has 2 aromatic heterocycles. The van der Waals surface area contributed by atoms with Gasteiger partial charge in [-0.3, -0.25) is 0 Å². The molecule has 298 valence electrons. The molecular formula is C60H37N3S. The lowest BCUT2D eigenvalue weighted by atomic mass is 9.67. The SMILES string of the molecule is c1ccc(-c2ccc(-c3cc(-c4ccc5nc(-c6ccccc6)c6ccc7c(c6c5c4)-c4ccccc4C74c5ccccc5Sc5ccccc54)nc(-c4ccccc4)n3)cc2)cc1. The molecule has 1 spiro atoms. The highest BCUT2D eigenvalue weighted by Crippen LogP contribution is 2.63. The first-order valence-corrected chi connectivity index (χ1v) is 22.6. The minimum atomic E-state index is -0.499. The molecule has 3 heterocycles. The molecule has 0 radical (unpaired) electrons. The van der Waals surface area contributed by atoms with Gasteiger partial charge in [-0.1, -0.05) is 206 Å².